The highest BCUT2D eigenvalue weighted by Crippen LogP contribution is 2.35. The minimum atomic E-state index is -0.301. The van der Waals surface area contributed by atoms with Crippen LogP contribution in [0.5, 0.6) is 5.75 Å². The van der Waals surface area contributed by atoms with Crippen molar-refractivity contribution in [1.82, 2.24) is 24.8 Å². The molecule has 0 unspecified atom stereocenters. The Kier molecular flexibility index (Phi) is 8.87. The maximum atomic E-state index is 9.58. The van der Waals surface area contributed by atoms with Crippen LogP contribution in [0.2, 0.25) is 0 Å². The van der Waals surface area contributed by atoms with Gasteiger partial charge in [-0.3, -0.25) is 4.57 Å². The number of aliphatic hydroxyl groups excluding tert-OH is 1. The summed E-state index contributed by atoms with van der Waals surface area (Å²) in [4.78, 5) is 13.3. The number of imidazole rings is 1. The molecule has 0 radical (unpaired) electrons. The second kappa shape index (κ2) is 12.9. The highest BCUT2D eigenvalue weighted by atomic mass is 16.5. The van der Waals surface area contributed by atoms with Crippen LogP contribution in [0.3, 0.4) is 0 Å². The topological polar surface area (TPSA) is 132 Å². The van der Waals surface area contributed by atoms with Gasteiger partial charge < -0.3 is 30.9 Å². The number of nitrogens with one attached hydrogen (secondary N) is 2. The largest absolute Gasteiger partial charge is 0.493 e. The number of fused-ring (bicyclic) bond motifs is 1. The second-order valence-corrected chi connectivity index (χ2v) is 9.71. The Labute approximate surface area is 228 Å². The van der Waals surface area contributed by atoms with Gasteiger partial charge in [0.1, 0.15) is 18.3 Å². The van der Waals surface area contributed by atoms with E-state index in [0.29, 0.717) is 36.1 Å². The summed E-state index contributed by atoms with van der Waals surface area (Å²) in [7, 11) is 0. The summed E-state index contributed by atoms with van der Waals surface area (Å²) >= 11 is 0. The third-order valence-electron chi connectivity index (χ3n) is 6.85. The predicted molar refractivity (Wildman–Crippen MR) is 152 cm³/mol. The maximum Gasteiger partial charge on any atom is 0.207 e. The van der Waals surface area contributed by atoms with Crippen LogP contribution in [0.1, 0.15) is 44.4 Å². The number of anilines is 2. The fourth-order valence-corrected chi connectivity index (χ4v) is 4.85. The molecule has 4 aromatic rings. The van der Waals surface area contributed by atoms with E-state index in [1.54, 1.807) is 0 Å². The molecule has 1 aliphatic heterocycles. The van der Waals surface area contributed by atoms with E-state index in [0.717, 1.165) is 61.2 Å². The molecular formula is C29H37N7O3. The van der Waals surface area contributed by atoms with Crippen molar-refractivity contribution in [1.29, 1.82) is 0 Å². The number of aliphatic hydroxyl groups is 1. The zero-order chi connectivity index (χ0) is 27.0. The molecule has 0 saturated carbocycles. The van der Waals surface area contributed by atoms with Crippen molar-refractivity contribution in [2.24, 2.45) is 0 Å². The number of benzene rings is 2. The lowest BCUT2D eigenvalue weighted by Crippen LogP contribution is -2.18. The second-order valence-electron chi connectivity index (χ2n) is 9.71. The number of nitrogens with zero attached hydrogens (tertiary/aromatic N) is 4. The van der Waals surface area contributed by atoms with E-state index >= 15 is 0 Å². The minimum absolute atomic E-state index is 0.0196. The van der Waals surface area contributed by atoms with E-state index in [-0.39, 0.29) is 18.9 Å². The first kappa shape index (κ1) is 26.9. The predicted octanol–water partition coefficient (Wildman–Crippen LogP) is 4.13. The van der Waals surface area contributed by atoms with Gasteiger partial charge in [-0.15, -0.1) is 0 Å². The normalized spacial score (nSPS) is 17.1. The molecule has 1 saturated heterocycles. The summed E-state index contributed by atoms with van der Waals surface area (Å²) in [5.74, 6) is 1.76. The van der Waals surface area contributed by atoms with Gasteiger partial charge in [0.05, 0.1) is 19.3 Å². The lowest BCUT2D eigenvalue weighted by atomic mass is 10.0. The standard InChI is InChI=1S/C29H37N7O3/c1-2-13-31-14-6-15-38-24-16-20(9-11-23(24)21-7-4-3-5-8-21)17-32-29-35-26-27(30)33-19-34-28(26)36(29)25-12-10-22(18-37)39-25/h3-5,7-9,11,16,19,22,25,31,37H,2,6,10,12-15,17-18H2,1H3,(H,32,35)(H2,30,33,34)/t22-,25+/m0/s1. The summed E-state index contributed by atoms with van der Waals surface area (Å²) in [5, 5.41) is 16.5. The molecule has 10 nitrogen and oxygen atoms in total. The Morgan fingerprint density at radius 1 is 1.13 bits per heavy atom. The molecule has 1 aliphatic rings. The monoisotopic (exact) mass is 531 g/mol. The molecule has 10 heteroatoms. The van der Waals surface area contributed by atoms with Crippen molar-refractivity contribution in [3.05, 3.63) is 60.4 Å². The van der Waals surface area contributed by atoms with E-state index < -0.39 is 0 Å². The van der Waals surface area contributed by atoms with Crippen molar-refractivity contribution in [2.75, 3.05) is 37.4 Å². The molecule has 2 aromatic heterocycles. The summed E-state index contributed by atoms with van der Waals surface area (Å²) in [6.45, 7) is 5.24. The fourth-order valence-electron chi connectivity index (χ4n) is 4.85. The van der Waals surface area contributed by atoms with Gasteiger partial charge in [-0.05, 0) is 56.0 Å². The third kappa shape index (κ3) is 6.30. The number of nitrogen functional groups attached to an aromatic ring is 1. The molecule has 2 aromatic carbocycles. The molecule has 0 amide bonds. The van der Waals surface area contributed by atoms with Crippen molar-refractivity contribution in [2.45, 2.75) is 51.5 Å². The first-order valence-corrected chi connectivity index (χ1v) is 13.7. The number of hydrogen-bond acceptors (Lipinski definition) is 9. The third-order valence-corrected chi connectivity index (χ3v) is 6.85. The Balaban J connectivity index is 1.37. The van der Waals surface area contributed by atoms with Gasteiger partial charge in [0.2, 0.25) is 5.95 Å². The quantitative estimate of drug-likeness (QED) is 0.188. The number of rotatable bonds is 13. The highest BCUT2D eigenvalue weighted by Gasteiger charge is 2.30. The Bertz CT molecular complexity index is 1360. The number of nitrogens with two attached hydrogens (primary N) is 1. The van der Waals surface area contributed by atoms with Gasteiger partial charge in [-0.1, -0.05) is 49.4 Å². The van der Waals surface area contributed by atoms with Crippen molar-refractivity contribution < 1.29 is 14.6 Å². The van der Waals surface area contributed by atoms with E-state index in [2.05, 4.69) is 57.9 Å². The first-order chi connectivity index (χ1) is 19.2. The van der Waals surface area contributed by atoms with E-state index in [1.807, 2.05) is 22.8 Å². The van der Waals surface area contributed by atoms with Crippen molar-refractivity contribution in [3.8, 4) is 16.9 Å². The van der Waals surface area contributed by atoms with E-state index in [4.69, 9.17) is 20.2 Å². The molecular weight excluding hydrogens is 494 g/mol. The van der Waals surface area contributed by atoms with Crippen LogP contribution in [0.25, 0.3) is 22.3 Å². The van der Waals surface area contributed by atoms with Crippen LogP contribution in [-0.4, -0.2) is 57.0 Å². The van der Waals surface area contributed by atoms with Crippen LogP contribution in [0, 0.1) is 0 Å². The lowest BCUT2D eigenvalue weighted by molar-refractivity contribution is -0.0197. The molecule has 1 fully saturated rings. The Morgan fingerprint density at radius 2 is 2.00 bits per heavy atom. The van der Waals surface area contributed by atoms with Crippen LogP contribution < -0.4 is 21.1 Å². The summed E-state index contributed by atoms with van der Waals surface area (Å²) in [6, 6.07) is 16.6. The van der Waals surface area contributed by atoms with Gasteiger partial charge in [-0.2, -0.15) is 0 Å². The van der Waals surface area contributed by atoms with Crippen LogP contribution in [-0.2, 0) is 11.3 Å². The Hall–Kier alpha value is -3.73. The fraction of sp³-hybridized carbons (Fsp3) is 0.414. The molecule has 3 heterocycles. The average molecular weight is 532 g/mol. The number of hydrogen-bond donors (Lipinski definition) is 4. The lowest BCUT2D eigenvalue weighted by Gasteiger charge is -2.18. The number of ether oxygens (including phenoxy) is 2. The molecule has 0 bridgehead atoms. The van der Waals surface area contributed by atoms with Crippen molar-refractivity contribution >= 4 is 22.9 Å². The van der Waals surface area contributed by atoms with Crippen LogP contribution in [0.15, 0.2) is 54.9 Å². The van der Waals surface area contributed by atoms with Crippen molar-refractivity contribution in [3.63, 3.8) is 0 Å². The molecule has 206 valence electrons. The highest BCUT2D eigenvalue weighted by molar-refractivity contribution is 5.84. The van der Waals surface area contributed by atoms with Crippen LogP contribution in [0.4, 0.5) is 11.8 Å². The molecule has 5 rings (SSSR count). The minimum Gasteiger partial charge on any atom is -0.493 e. The first-order valence-electron chi connectivity index (χ1n) is 13.7. The van der Waals surface area contributed by atoms with Gasteiger partial charge in [-0.25, -0.2) is 15.0 Å². The molecule has 5 N–H and O–H groups in total. The van der Waals surface area contributed by atoms with Crippen LogP contribution >= 0.6 is 0 Å². The molecule has 0 spiro atoms. The van der Waals surface area contributed by atoms with E-state index in [1.165, 1.54) is 6.33 Å². The zero-order valence-corrected chi connectivity index (χ0v) is 22.3. The zero-order valence-electron chi connectivity index (χ0n) is 22.3. The molecule has 2 atom stereocenters. The Morgan fingerprint density at radius 3 is 2.79 bits per heavy atom. The smallest absolute Gasteiger partial charge is 0.207 e. The maximum absolute atomic E-state index is 9.58. The number of aromatic nitrogens is 4. The van der Waals surface area contributed by atoms with E-state index in [9.17, 15) is 5.11 Å². The SMILES string of the molecule is CCCNCCCOc1cc(CNc2nc3c(N)ncnc3n2[C@H]2CC[C@@H](CO)O2)ccc1-c1ccccc1. The summed E-state index contributed by atoms with van der Waals surface area (Å²) in [5.41, 5.74) is 10.5. The molecule has 39 heavy (non-hydrogen) atoms. The van der Waals surface area contributed by atoms with Gasteiger partial charge in [0, 0.05) is 12.1 Å². The van der Waals surface area contributed by atoms with Gasteiger partial charge in [0.25, 0.3) is 0 Å². The average Bonchev–Trinajstić information content (AvgIpc) is 3.59. The van der Waals surface area contributed by atoms with Gasteiger partial charge in [0.15, 0.2) is 17.0 Å². The molecule has 0 aliphatic carbocycles. The van der Waals surface area contributed by atoms with Gasteiger partial charge >= 0.3 is 0 Å². The summed E-state index contributed by atoms with van der Waals surface area (Å²) < 4.78 is 14.3. The summed E-state index contributed by atoms with van der Waals surface area (Å²) in [6.07, 6.45) is 4.48.